The molecule has 130 valence electrons. The molecular weight excluding hydrogens is 320 g/mol. The van der Waals surface area contributed by atoms with Crippen molar-refractivity contribution >= 4 is 5.95 Å². The highest BCUT2D eigenvalue weighted by molar-refractivity contribution is 5.31. The SMILES string of the molecule is COC1(CO)CCN(c2nnnn2Cc2cc(F)ccc2F)CC1. The summed E-state index contributed by atoms with van der Waals surface area (Å²) in [5, 5.41) is 21.0. The van der Waals surface area contributed by atoms with Crippen LogP contribution in [0.3, 0.4) is 0 Å². The van der Waals surface area contributed by atoms with Gasteiger partial charge in [-0.3, -0.25) is 0 Å². The molecule has 0 amide bonds. The zero-order chi connectivity index (χ0) is 17.2. The molecule has 0 saturated carbocycles. The van der Waals surface area contributed by atoms with Gasteiger partial charge in [-0.2, -0.15) is 0 Å². The van der Waals surface area contributed by atoms with Gasteiger partial charge in [0.2, 0.25) is 5.95 Å². The number of tetrazole rings is 1. The molecule has 1 N–H and O–H groups in total. The minimum Gasteiger partial charge on any atom is -0.393 e. The van der Waals surface area contributed by atoms with E-state index in [-0.39, 0.29) is 18.7 Å². The maximum Gasteiger partial charge on any atom is 0.245 e. The van der Waals surface area contributed by atoms with Crippen LogP contribution in [0.15, 0.2) is 18.2 Å². The molecule has 1 aliphatic heterocycles. The van der Waals surface area contributed by atoms with Crippen LogP contribution in [0.4, 0.5) is 14.7 Å². The van der Waals surface area contributed by atoms with Crippen LogP contribution >= 0.6 is 0 Å². The number of rotatable bonds is 5. The lowest BCUT2D eigenvalue weighted by Gasteiger charge is -2.39. The zero-order valence-electron chi connectivity index (χ0n) is 13.3. The number of anilines is 1. The van der Waals surface area contributed by atoms with Crippen molar-refractivity contribution < 1.29 is 18.6 Å². The summed E-state index contributed by atoms with van der Waals surface area (Å²) in [6.07, 6.45) is 1.25. The van der Waals surface area contributed by atoms with Crippen molar-refractivity contribution in [3.63, 3.8) is 0 Å². The van der Waals surface area contributed by atoms with E-state index in [0.717, 1.165) is 18.2 Å². The lowest BCUT2D eigenvalue weighted by atomic mass is 9.92. The Morgan fingerprint density at radius 3 is 2.71 bits per heavy atom. The molecule has 0 radical (unpaired) electrons. The number of hydrogen-bond donors (Lipinski definition) is 1. The van der Waals surface area contributed by atoms with Crippen molar-refractivity contribution in [1.29, 1.82) is 0 Å². The van der Waals surface area contributed by atoms with E-state index in [9.17, 15) is 13.9 Å². The summed E-state index contributed by atoms with van der Waals surface area (Å²) in [7, 11) is 1.59. The number of ether oxygens (including phenoxy) is 1. The first kappa shape index (κ1) is 16.7. The quantitative estimate of drug-likeness (QED) is 0.875. The molecule has 24 heavy (non-hydrogen) atoms. The monoisotopic (exact) mass is 339 g/mol. The summed E-state index contributed by atoms with van der Waals surface area (Å²) in [4.78, 5) is 1.95. The number of aliphatic hydroxyl groups is 1. The number of methoxy groups -OCH3 is 1. The Hall–Kier alpha value is -2.13. The van der Waals surface area contributed by atoms with Crippen molar-refractivity contribution in [1.82, 2.24) is 20.2 Å². The molecule has 0 unspecified atom stereocenters. The Morgan fingerprint density at radius 1 is 1.29 bits per heavy atom. The number of hydrogen-bond acceptors (Lipinski definition) is 6. The molecule has 3 rings (SSSR count). The third-order valence-electron chi connectivity index (χ3n) is 4.52. The van der Waals surface area contributed by atoms with Gasteiger partial charge >= 0.3 is 0 Å². The van der Waals surface area contributed by atoms with E-state index in [2.05, 4.69) is 15.5 Å². The van der Waals surface area contributed by atoms with Crippen LogP contribution in [0.25, 0.3) is 0 Å². The van der Waals surface area contributed by atoms with Crippen LogP contribution in [-0.2, 0) is 11.3 Å². The van der Waals surface area contributed by atoms with E-state index in [1.165, 1.54) is 4.68 Å². The average Bonchev–Trinajstić information content (AvgIpc) is 3.06. The minimum atomic E-state index is -0.538. The number of aliphatic hydroxyl groups excluding tert-OH is 1. The van der Waals surface area contributed by atoms with Gasteiger partial charge in [-0.1, -0.05) is 5.10 Å². The summed E-state index contributed by atoms with van der Waals surface area (Å²) in [5.74, 6) is -0.525. The van der Waals surface area contributed by atoms with Gasteiger partial charge in [0, 0.05) is 25.8 Å². The molecule has 0 aliphatic carbocycles. The van der Waals surface area contributed by atoms with E-state index in [1.807, 2.05) is 4.90 Å². The average molecular weight is 339 g/mol. The van der Waals surface area contributed by atoms with Crippen LogP contribution in [0.2, 0.25) is 0 Å². The van der Waals surface area contributed by atoms with Crippen molar-refractivity contribution in [3.05, 3.63) is 35.4 Å². The number of piperidine rings is 1. The summed E-state index contributed by atoms with van der Waals surface area (Å²) >= 11 is 0. The molecule has 1 aromatic heterocycles. The van der Waals surface area contributed by atoms with Gasteiger partial charge in [-0.15, -0.1) is 0 Å². The standard InChI is InChI=1S/C15H19F2N5O2/c1-24-15(10-23)4-6-21(7-5-15)14-18-19-20-22(14)9-11-8-12(16)2-3-13(11)17/h2-3,8,23H,4-7,9-10H2,1H3. The van der Waals surface area contributed by atoms with Crippen molar-refractivity contribution in [3.8, 4) is 0 Å². The predicted octanol–water partition coefficient (Wildman–Crippen LogP) is 0.977. The van der Waals surface area contributed by atoms with Crippen LogP contribution < -0.4 is 4.90 Å². The Labute approximate surface area is 137 Å². The molecule has 1 aromatic carbocycles. The summed E-state index contributed by atoms with van der Waals surface area (Å²) in [6, 6.07) is 3.30. The van der Waals surface area contributed by atoms with Crippen LogP contribution in [0.5, 0.6) is 0 Å². The fourth-order valence-corrected chi connectivity index (χ4v) is 2.90. The van der Waals surface area contributed by atoms with Crippen molar-refractivity contribution in [2.45, 2.75) is 25.0 Å². The topological polar surface area (TPSA) is 76.3 Å². The first-order valence-electron chi connectivity index (χ1n) is 7.68. The smallest absolute Gasteiger partial charge is 0.245 e. The summed E-state index contributed by atoms with van der Waals surface area (Å²) in [5.41, 5.74) is -0.356. The Kier molecular flexibility index (Phi) is 4.72. The number of aromatic nitrogens is 4. The van der Waals surface area contributed by atoms with E-state index in [4.69, 9.17) is 4.74 Å². The molecule has 1 saturated heterocycles. The van der Waals surface area contributed by atoms with Gasteiger partial charge in [0.05, 0.1) is 18.8 Å². The highest BCUT2D eigenvalue weighted by Gasteiger charge is 2.35. The maximum absolute atomic E-state index is 13.8. The summed E-state index contributed by atoms with van der Waals surface area (Å²) < 4.78 is 34.0. The van der Waals surface area contributed by atoms with Crippen LogP contribution in [-0.4, -0.2) is 57.7 Å². The Balaban J connectivity index is 1.76. The molecule has 0 atom stereocenters. The maximum atomic E-state index is 13.8. The van der Waals surface area contributed by atoms with E-state index in [1.54, 1.807) is 7.11 Å². The van der Waals surface area contributed by atoms with Crippen LogP contribution in [0.1, 0.15) is 18.4 Å². The van der Waals surface area contributed by atoms with Crippen molar-refractivity contribution in [2.24, 2.45) is 0 Å². The predicted molar refractivity (Wildman–Crippen MR) is 81.5 cm³/mol. The second-order valence-electron chi connectivity index (χ2n) is 5.90. The van der Waals surface area contributed by atoms with E-state index in [0.29, 0.717) is 31.9 Å². The van der Waals surface area contributed by atoms with Gasteiger partial charge in [0.15, 0.2) is 0 Å². The fraction of sp³-hybridized carbons (Fsp3) is 0.533. The molecule has 0 spiro atoms. The largest absolute Gasteiger partial charge is 0.393 e. The highest BCUT2D eigenvalue weighted by atomic mass is 19.1. The van der Waals surface area contributed by atoms with E-state index < -0.39 is 17.2 Å². The molecule has 1 aliphatic rings. The Bertz CT molecular complexity index is 695. The van der Waals surface area contributed by atoms with Gasteiger partial charge in [-0.05, 0) is 41.5 Å². The molecule has 1 fully saturated rings. The second kappa shape index (κ2) is 6.78. The normalized spacial score (nSPS) is 17.2. The highest BCUT2D eigenvalue weighted by Crippen LogP contribution is 2.27. The molecule has 7 nitrogen and oxygen atoms in total. The minimum absolute atomic E-state index is 0.0395. The zero-order valence-corrected chi connectivity index (χ0v) is 13.3. The lowest BCUT2D eigenvalue weighted by Crippen LogP contribution is -2.48. The number of nitrogens with zero attached hydrogens (tertiary/aromatic N) is 5. The second-order valence-corrected chi connectivity index (χ2v) is 5.90. The molecule has 2 heterocycles. The third kappa shape index (κ3) is 3.22. The molecule has 0 bridgehead atoms. The van der Waals surface area contributed by atoms with Crippen molar-refractivity contribution in [2.75, 3.05) is 31.7 Å². The number of benzene rings is 1. The molecule has 9 heteroatoms. The number of halogens is 2. The Morgan fingerprint density at radius 2 is 2.04 bits per heavy atom. The van der Waals surface area contributed by atoms with E-state index >= 15 is 0 Å². The van der Waals surface area contributed by atoms with Gasteiger partial charge in [0.1, 0.15) is 11.6 Å². The summed E-state index contributed by atoms with van der Waals surface area (Å²) in [6.45, 7) is 1.19. The van der Waals surface area contributed by atoms with Gasteiger partial charge in [-0.25, -0.2) is 13.5 Å². The van der Waals surface area contributed by atoms with Gasteiger partial charge in [0.25, 0.3) is 0 Å². The fourth-order valence-electron chi connectivity index (χ4n) is 2.90. The molecular formula is C15H19F2N5O2. The first-order valence-corrected chi connectivity index (χ1v) is 7.68. The third-order valence-corrected chi connectivity index (χ3v) is 4.52. The van der Waals surface area contributed by atoms with Gasteiger partial charge < -0.3 is 14.7 Å². The first-order chi connectivity index (χ1) is 11.6. The molecule has 2 aromatic rings. The van der Waals surface area contributed by atoms with Crippen LogP contribution in [0, 0.1) is 11.6 Å². The lowest BCUT2D eigenvalue weighted by molar-refractivity contribution is -0.0674.